The fourth-order valence-electron chi connectivity index (χ4n) is 5.45. The van der Waals surface area contributed by atoms with Crippen molar-refractivity contribution in [2.75, 3.05) is 4.90 Å². The van der Waals surface area contributed by atoms with Crippen LogP contribution in [0.2, 0.25) is 0 Å². The summed E-state index contributed by atoms with van der Waals surface area (Å²) in [7, 11) is 0. The van der Waals surface area contributed by atoms with Gasteiger partial charge in [0.15, 0.2) is 5.11 Å². The molecule has 3 aromatic heterocycles. The Kier molecular flexibility index (Phi) is 6.82. The largest absolute Gasteiger partial charge is 0.457 e. The number of nitrogens with zero attached hydrogens (tertiary/aromatic N) is 4. The highest BCUT2D eigenvalue weighted by molar-refractivity contribution is 7.80. The molecule has 1 fully saturated rings. The zero-order valence-corrected chi connectivity index (χ0v) is 23.8. The Balaban J connectivity index is 1.41. The Hall–Kier alpha value is -4.49. The highest BCUT2D eigenvalue weighted by atomic mass is 32.1. The van der Waals surface area contributed by atoms with Crippen molar-refractivity contribution in [1.29, 1.82) is 0 Å². The van der Waals surface area contributed by atoms with E-state index in [1.807, 2.05) is 67.0 Å². The molecule has 0 amide bonds. The van der Waals surface area contributed by atoms with Crippen LogP contribution in [0.3, 0.4) is 0 Å². The number of rotatable bonds is 6. The van der Waals surface area contributed by atoms with Gasteiger partial charge in [-0.15, -0.1) is 0 Å². The summed E-state index contributed by atoms with van der Waals surface area (Å²) in [6, 6.07) is 28.3. The first-order valence-corrected chi connectivity index (χ1v) is 13.8. The van der Waals surface area contributed by atoms with Crippen molar-refractivity contribution in [2.45, 2.75) is 39.8 Å². The van der Waals surface area contributed by atoms with Gasteiger partial charge in [-0.1, -0.05) is 23.8 Å². The maximum atomic E-state index is 6.09. The molecule has 2 aromatic carbocycles. The van der Waals surface area contributed by atoms with Crippen LogP contribution in [-0.4, -0.2) is 19.6 Å². The van der Waals surface area contributed by atoms with Gasteiger partial charge in [0.1, 0.15) is 17.3 Å². The van der Waals surface area contributed by atoms with Crippen LogP contribution in [0.25, 0.3) is 5.82 Å². The summed E-state index contributed by atoms with van der Waals surface area (Å²) in [4.78, 5) is 11.6. The lowest BCUT2D eigenvalue weighted by molar-refractivity contribution is 0.482. The molecule has 4 heterocycles. The predicted octanol–water partition coefficient (Wildman–Crippen LogP) is 7.47. The van der Waals surface area contributed by atoms with E-state index in [1.165, 1.54) is 16.7 Å². The summed E-state index contributed by atoms with van der Waals surface area (Å²) in [5, 5.41) is 4.23. The molecule has 7 heteroatoms. The van der Waals surface area contributed by atoms with Crippen molar-refractivity contribution in [2.24, 2.45) is 0 Å². The molecule has 0 unspecified atom stereocenters. The molecule has 1 saturated heterocycles. The fourth-order valence-corrected chi connectivity index (χ4v) is 5.79. The minimum Gasteiger partial charge on any atom is -0.457 e. The number of nitrogens with one attached hydrogen (secondary N) is 1. The smallest absolute Gasteiger partial charge is 0.174 e. The molecule has 1 aliphatic rings. The van der Waals surface area contributed by atoms with Gasteiger partial charge in [0, 0.05) is 29.5 Å². The summed E-state index contributed by atoms with van der Waals surface area (Å²) in [6.07, 6.45) is 3.69. The van der Waals surface area contributed by atoms with Gasteiger partial charge in [-0.05, 0) is 118 Å². The van der Waals surface area contributed by atoms with E-state index in [1.54, 1.807) is 0 Å². The van der Waals surface area contributed by atoms with E-state index in [-0.39, 0.29) is 12.1 Å². The Labute approximate surface area is 240 Å². The maximum absolute atomic E-state index is 6.09. The summed E-state index contributed by atoms with van der Waals surface area (Å²) < 4.78 is 8.31. The van der Waals surface area contributed by atoms with Crippen LogP contribution >= 0.6 is 12.2 Å². The average molecular weight is 546 g/mol. The maximum Gasteiger partial charge on any atom is 0.174 e. The Morgan fingerprint density at radius 1 is 0.775 bits per heavy atom. The number of pyridine rings is 2. The van der Waals surface area contributed by atoms with Gasteiger partial charge >= 0.3 is 0 Å². The number of hydrogen-bond donors (Lipinski definition) is 1. The molecule has 6 rings (SSSR count). The number of benzene rings is 2. The lowest BCUT2D eigenvalue weighted by atomic mass is 9.96. The van der Waals surface area contributed by atoms with Crippen LogP contribution in [0.15, 0.2) is 97.3 Å². The van der Waals surface area contributed by atoms with Gasteiger partial charge < -0.3 is 19.5 Å². The number of thiocarbonyl (C=S) groups is 1. The topological polar surface area (TPSA) is 55.2 Å². The first-order chi connectivity index (χ1) is 19.4. The van der Waals surface area contributed by atoms with E-state index < -0.39 is 0 Å². The third kappa shape index (κ3) is 4.84. The van der Waals surface area contributed by atoms with Gasteiger partial charge in [0.2, 0.25) is 0 Å². The van der Waals surface area contributed by atoms with Gasteiger partial charge in [-0.25, -0.2) is 4.98 Å². The van der Waals surface area contributed by atoms with Crippen LogP contribution in [0.4, 0.5) is 5.69 Å². The monoisotopic (exact) mass is 545 g/mol. The average Bonchev–Trinajstić information content (AvgIpc) is 3.45. The second-order valence-electron chi connectivity index (χ2n) is 10.3. The fraction of sp³-hybridized carbons (Fsp3) is 0.182. The molecule has 1 N–H and O–H groups in total. The van der Waals surface area contributed by atoms with E-state index in [0.29, 0.717) is 5.11 Å². The molecule has 1 aliphatic heterocycles. The van der Waals surface area contributed by atoms with Gasteiger partial charge in [-0.3, -0.25) is 4.98 Å². The molecule has 0 saturated carbocycles. The lowest BCUT2D eigenvalue weighted by Crippen LogP contribution is -2.29. The number of aromatic nitrogens is 3. The molecule has 0 aliphatic carbocycles. The summed E-state index contributed by atoms with van der Waals surface area (Å²) in [5.74, 6) is 2.49. The second kappa shape index (κ2) is 10.6. The molecule has 0 spiro atoms. The molecule has 200 valence electrons. The Morgan fingerprint density at radius 2 is 1.50 bits per heavy atom. The van der Waals surface area contributed by atoms with Gasteiger partial charge in [0.25, 0.3) is 0 Å². The quantitative estimate of drug-likeness (QED) is 0.223. The second-order valence-corrected chi connectivity index (χ2v) is 10.6. The van der Waals surface area contributed by atoms with E-state index in [2.05, 4.69) is 77.8 Å². The predicted molar refractivity (Wildman–Crippen MR) is 163 cm³/mol. The van der Waals surface area contributed by atoms with Crippen molar-refractivity contribution in [3.8, 4) is 17.3 Å². The molecule has 2 atom stereocenters. The summed E-state index contributed by atoms with van der Waals surface area (Å²) in [5.41, 5.74) is 7.70. The number of ether oxygens (including phenoxy) is 1. The molecule has 40 heavy (non-hydrogen) atoms. The van der Waals surface area contributed by atoms with E-state index in [9.17, 15) is 0 Å². The van der Waals surface area contributed by atoms with Crippen molar-refractivity contribution in [3.05, 3.63) is 131 Å². The summed E-state index contributed by atoms with van der Waals surface area (Å²) >= 11 is 5.96. The van der Waals surface area contributed by atoms with Gasteiger partial charge in [0.05, 0.1) is 17.8 Å². The summed E-state index contributed by atoms with van der Waals surface area (Å²) in [6.45, 7) is 8.43. The SMILES string of the molecule is Cc1ccc(Oc2ccc(N3C(=S)N[C@@H](c4ccccn4)[C@H]3c3cc(C)n(-c4cc(C)ccn4)c3C)cc2)cc1. The van der Waals surface area contributed by atoms with Crippen molar-refractivity contribution in [1.82, 2.24) is 19.9 Å². The number of hydrogen-bond acceptors (Lipinski definition) is 4. The van der Waals surface area contributed by atoms with Crippen molar-refractivity contribution >= 4 is 23.0 Å². The normalized spacial score (nSPS) is 16.7. The van der Waals surface area contributed by atoms with Crippen LogP contribution in [0.5, 0.6) is 11.5 Å². The third-order valence-electron chi connectivity index (χ3n) is 7.39. The van der Waals surface area contributed by atoms with Crippen LogP contribution in [0, 0.1) is 27.7 Å². The van der Waals surface area contributed by atoms with Crippen LogP contribution < -0.4 is 15.0 Å². The molecular weight excluding hydrogens is 514 g/mol. The van der Waals surface area contributed by atoms with Crippen molar-refractivity contribution in [3.63, 3.8) is 0 Å². The molecule has 6 nitrogen and oxygen atoms in total. The number of aryl methyl sites for hydroxylation is 3. The molecular formula is C33H31N5OS. The number of anilines is 1. The third-order valence-corrected chi connectivity index (χ3v) is 7.70. The van der Waals surface area contributed by atoms with Crippen molar-refractivity contribution < 1.29 is 4.74 Å². The zero-order valence-electron chi connectivity index (χ0n) is 23.0. The highest BCUT2D eigenvalue weighted by Gasteiger charge is 2.42. The van der Waals surface area contributed by atoms with E-state index in [0.717, 1.165) is 40.1 Å². The standard InChI is InChI=1S/C33H31N5OS/c1-21-8-12-26(13-9-21)39-27-14-10-25(11-15-27)38-32(31(36-33(38)40)29-7-5-6-17-34-29)28-20-23(3)37(24(28)4)30-19-22(2)16-18-35-30/h5-20,31-32H,1-4H3,(H,36,40)/t31-,32+/m0/s1. The molecule has 0 radical (unpaired) electrons. The minimum absolute atomic E-state index is 0.115. The molecule has 5 aromatic rings. The minimum atomic E-state index is -0.128. The lowest BCUT2D eigenvalue weighted by Gasteiger charge is -2.28. The van der Waals surface area contributed by atoms with E-state index in [4.69, 9.17) is 21.9 Å². The Morgan fingerprint density at radius 3 is 2.17 bits per heavy atom. The first kappa shape index (κ1) is 25.8. The molecule has 0 bridgehead atoms. The van der Waals surface area contributed by atoms with E-state index >= 15 is 0 Å². The first-order valence-electron chi connectivity index (χ1n) is 13.4. The highest BCUT2D eigenvalue weighted by Crippen LogP contribution is 2.44. The van der Waals surface area contributed by atoms with Gasteiger partial charge in [-0.2, -0.15) is 0 Å². The Bertz CT molecular complexity index is 1660. The zero-order chi connectivity index (χ0) is 27.8. The van der Waals surface area contributed by atoms with Crippen LogP contribution in [-0.2, 0) is 0 Å². The van der Waals surface area contributed by atoms with Crippen LogP contribution in [0.1, 0.15) is 45.9 Å².